The predicted octanol–water partition coefficient (Wildman–Crippen LogP) is 2.40. The Morgan fingerprint density at radius 1 is 1.38 bits per heavy atom. The number of rotatable bonds is 5. The lowest BCUT2D eigenvalue weighted by Crippen LogP contribution is -2.47. The van der Waals surface area contributed by atoms with Gasteiger partial charge in [0.15, 0.2) is 0 Å². The molecule has 2 rings (SSSR count). The van der Waals surface area contributed by atoms with Gasteiger partial charge in [0, 0.05) is 19.1 Å². The number of nitrogens with one attached hydrogen (secondary N) is 2. The molecule has 94 valence electrons. The molecule has 2 atom stereocenters. The van der Waals surface area contributed by atoms with Crippen molar-refractivity contribution < 1.29 is 0 Å². The van der Waals surface area contributed by atoms with E-state index >= 15 is 0 Å². The van der Waals surface area contributed by atoms with Gasteiger partial charge >= 0.3 is 0 Å². The highest BCUT2D eigenvalue weighted by Crippen LogP contribution is 2.51. The van der Waals surface area contributed by atoms with Crippen LogP contribution in [0.15, 0.2) is 0 Å². The Bertz CT molecular complexity index is 221. The molecule has 1 saturated heterocycles. The first-order valence-electron chi connectivity index (χ1n) is 7.08. The van der Waals surface area contributed by atoms with Crippen molar-refractivity contribution in [2.45, 2.75) is 52.5 Å². The summed E-state index contributed by atoms with van der Waals surface area (Å²) < 4.78 is 0. The van der Waals surface area contributed by atoms with Crippen molar-refractivity contribution in [3.05, 3.63) is 0 Å². The fraction of sp³-hybridized carbons (Fsp3) is 1.00. The van der Waals surface area contributed by atoms with Gasteiger partial charge in [0.05, 0.1) is 0 Å². The first-order chi connectivity index (χ1) is 7.64. The highest BCUT2D eigenvalue weighted by Gasteiger charge is 2.44. The number of piperidine rings is 1. The van der Waals surface area contributed by atoms with Crippen molar-refractivity contribution in [1.29, 1.82) is 0 Å². The fourth-order valence-corrected chi connectivity index (χ4v) is 2.98. The molecule has 1 saturated carbocycles. The molecule has 2 nitrogen and oxygen atoms in total. The molecule has 2 heteroatoms. The van der Waals surface area contributed by atoms with Gasteiger partial charge < -0.3 is 10.6 Å². The Kier molecular flexibility index (Phi) is 3.91. The molecule has 2 unspecified atom stereocenters. The van der Waals surface area contributed by atoms with Crippen LogP contribution in [0.25, 0.3) is 0 Å². The molecular weight excluding hydrogens is 196 g/mol. The van der Waals surface area contributed by atoms with Crippen molar-refractivity contribution in [2.24, 2.45) is 17.3 Å². The molecule has 16 heavy (non-hydrogen) atoms. The monoisotopic (exact) mass is 224 g/mol. The van der Waals surface area contributed by atoms with Gasteiger partial charge in [-0.3, -0.25) is 0 Å². The molecule has 2 fully saturated rings. The summed E-state index contributed by atoms with van der Waals surface area (Å²) in [5, 5.41) is 7.35. The van der Waals surface area contributed by atoms with E-state index in [0.717, 1.165) is 18.4 Å². The second-order valence-electron chi connectivity index (χ2n) is 6.33. The molecule has 0 spiro atoms. The van der Waals surface area contributed by atoms with Gasteiger partial charge in [-0.25, -0.2) is 0 Å². The Labute approximate surface area is 101 Å². The maximum atomic E-state index is 3.71. The Balaban J connectivity index is 1.67. The summed E-state index contributed by atoms with van der Waals surface area (Å²) in [5.74, 6) is 1.69. The zero-order valence-corrected chi connectivity index (χ0v) is 11.2. The number of hydrogen-bond donors (Lipinski definition) is 2. The molecule has 0 bridgehead atoms. The van der Waals surface area contributed by atoms with Crippen LogP contribution in [0.5, 0.6) is 0 Å². The third-order valence-electron chi connectivity index (χ3n) is 4.89. The van der Waals surface area contributed by atoms with Gasteiger partial charge in [-0.1, -0.05) is 20.8 Å². The van der Waals surface area contributed by atoms with Crippen LogP contribution in [0.2, 0.25) is 0 Å². The first-order valence-corrected chi connectivity index (χ1v) is 7.08. The zero-order valence-electron chi connectivity index (χ0n) is 11.2. The Hall–Kier alpha value is -0.0800. The summed E-state index contributed by atoms with van der Waals surface area (Å²) in [5.41, 5.74) is 0.651. The van der Waals surface area contributed by atoms with Crippen molar-refractivity contribution in [3.63, 3.8) is 0 Å². The van der Waals surface area contributed by atoms with Crippen molar-refractivity contribution in [3.8, 4) is 0 Å². The smallest absolute Gasteiger partial charge is 0.0218 e. The average molecular weight is 224 g/mol. The summed E-state index contributed by atoms with van der Waals surface area (Å²) in [6.45, 7) is 10.7. The maximum Gasteiger partial charge on any atom is 0.0218 e. The van der Waals surface area contributed by atoms with Gasteiger partial charge in [-0.15, -0.1) is 0 Å². The summed E-state index contributed by atoms with van der Waals surface area (Å²) in [7, 11) is 0. The molecule has 0 amide bonds. The van der Waals surface area contributed by atoms with Crippen molar-refractivity contribution in [1.82, 2.24) is 10.6 Å². The Morgan fingerprint density at radius 2 is 2.12 bits per heavy atom. The fourth-order valence-electron chi connectivity index (χ4n) is 2.98. The molecule has 1 aliphatic carbocycles. The first kappa shape index (κ1) is 12.4. The van der Waals surface area contributed by atoms with E-state index in [1.165, 1.54) is 38.8 Å². The van der Waals surface area contributed by atoms with E-state index in [-0.39, 0.29) is 0 Å². The summed E-state index contributed by atoms with van der Waals surface area (Å²) in [4.78, 5) is 0. The molecule has 0 aromatic carbocycles. The SMILES string of the molecule is CC1CCCNC1CNCC1(C(C)C)CC1. The van der Waals surface area contributed by atoms with Gasteiger partial charge in [-0.05, 0) is 49.5 Å². The molecular formula is C14H28N2. The lowest BCUT2D eigenvalue weighted by Gasteiger charge is -2.31. The van der Waals surface area contributed by atoms with Crippen LogP contribution in [0, 0.1) is 17.3 Å². The minimum Gasteiger partial charge on any atom is -0.315 e. The highest BCUT2D eigenvalue weighted by atomic mass is 15.0. The third-order valence-corrected chi connectivity index (χ3v) is 4.89. The van der Waals surface area contributed by atoms with Crippen LogP contribution < -0.4 is 10.6 Å². The quantitative estimate of drug-likeness (QED) is 0.749. The molecule has 0 aromatic heterocycles. The van der Waals surface area contributed by atoms with Crippen molar-refractivity contribution in [2.75, 3.05) is 19.6 Å². The van der Waals surface area contributed by atoms with E-state index in [4.69, 9.17) is 0 Å². The van der Waals surface area contributed by atoms with E-state index in [9.17, 15) is 0 Å². The Morgan fingerprint density at radius 3 is 2.69 bits per heavy atom. The van der Waals surface area contributed by atoms with Crippen molar-refractivity contribution >= 4 is 0 Å². The van der Waals surface area contributed by atoms with E-state index in [2.05, 4.69) is 31.4 Å². The van der Waals surface area contributed by atoms with E-state index < -0.39 is 0 Å². The zero-order chi connectivity index (χ0) is 11.6. The van der Waals surface area contributed by atoms with Crippen LogP contribution in [0.4, 0.5) is 0 Å². The lowest BCUT2D eigenvalue weighted by atomic mass is 9.91. The van der Waals surface area contributed by atoms with Crippen LogP contribution in [0.1, 0.15) is 46.5 Å². The topological polar surface area (TPSA) is 24.1 Å². The van der Waals surface area contributed by atoms with Gasteiger partial charge in [0.2, 0.25) is 0 Å². The third kappa shape index (κ3) is 2.78. The average Bonchev–Trinajstić information content (AvgIpc) is 3.02. The molecule has 0 radical (unpaired) electrons. The maximum absolute atomic E-state index is 3.71. The second kappa shape index (κ2) is 5.05. The molecule has 0 aromatic rings. The standard InChI is InChI=1S/C14H28N2/c1-11(2)14(6-7-14)10-15-9-13-12(3)5-4-8-16-13/h11-13,15-16H,4-10H2,1-3H3. The molecule has 1 aliphatic heterocycles. The normalized spacial score (nSPS) is 33.0. The lowest BCUT2D eigenvalue weighted by molar-refractivity contribution is 0.272. The van der Waals surface area contributed by atoms with Crippen LogP contribution in [-0.2, 0) is 0 Å². The highest BCUT2D eigenvalue weighted by molar-refractivity contribution is 4.97. The summed E-state index contributed by atoms with van der Waals surface area (Å²) in [6, 6.07) is 0.705. The van der Waals surface area contributed by atoms with Gasteiger partial charge in [0.1, 0.15) is 0 Å². The molecule has 1 heterocycles. The molecule has 2 aliphatic rings. The van der Waals surface area contributed by atoms with E-state index in [0.29, 0.717) is 11.5 Å². The van der Waals surface area contributed by atoms with Crippen LogP contribution in [-0.4, -0.2) is 25.7 Å². The summed E-state index contributed by atoms with van der Waals surface area (Å²) >= 11 is 0. The van der Waals surface area contributed by atoms with Gasteiger partial charge in [0.25, 0.3) is 0 Å². The van der Waals surface area contributed by atoms with Crippen LogP contribution >= 0.6 is 0 Å². The van der Waals surface area contributed by atoms with E-state index in [1.54, 1.807) is 0 Å². The minimum atomic E-state index is 0.651. The number of hydrogen-bond acceptors (Lipinski definition) is 2. The minimum absolute atomic E-state index is 0.651. The molecule has 2 N–H and O–H groups in total. The van der Waals surface area contributed by atoms with Crippen LogP contribution in [0.3, 0.4) is 0 Å². The summed E-state index contributed by atoms with van der Waals surface area (Å²) in [6.07, 6.45) is 5.62. The largest absolute Gasteiger partial charge is 0.315 e. The predicted molar refractivity (Wildman–Crippen MR) is 69.6 cm³/mol. The van der Waals surface area contributed by atoms with Gasteiger partial charge in [-0.2, -0.15) is 0 Å². The van der Waals surface area contributed by atoms with E-state index in [1.807, 2.05) is 0 Å². The second-order valence-corrected chi connectivity index (χ2v) is 6.33.